The van der Waals surface area contributed by atoms with Crippen LogP contribution < -0.4 is 5.32 Å². The van der Waals surface area contributed by atoms with Gasteiger partial charge in [-0.2, -0.15) is 0 Å². The van der Waals surface area contributed by atoms with Crippen molar-refractivity contribution in [1.29, 1.82) is 0 Å². The molecule has 1 atom stereocenters. The van der Waals surface area contributed by atoms with Gasteiger partial charge in [0.1, 0.15) is 10.8 Å². The van der Waals surface area contributed by atoms with E-state index in [1.807, 2.05) is 25.1 Å². The molecule has 4 saturated carbocycles. The predicted molar refractivity (Wildman–Crippen MR) is 113 cm³/mol. The number of amides is 1. The molecular formula is C23H29N3O2S. The number of nitrogens with one attached hydrogen (secondary N) is 1. The van der Waals surface area contributed by atoms with Crippen molar-refractivity contribution in [3.8, 4) is 0 Å². The predicted octanol–water partition coefficient (Wildman–Crippen LogP) is 5.01. The van der Waals surface area contributed by atoms with E-state index in [-0.39, 0.29) is 11.9 Å². The Labute approximate surface area is 176 Å². The van der Waals surface area contributed by atoms with Crippen molar-refractivity contribution < 1.29 is 9.32 Å². The summed E-state index contributed by atoms with van der Waals surface area (Å²) in [4.78, 5) is 17.7. The number of aryl methyl sites for hydroxylation is 1. The Morgan fingerprint density at radius 1 is 1.28 bits per heavy atom. The first-order valence-electron chi connectivity index (χ1n) is 10.8. The number of pyridine rings is 1. The van der Waals surface area contributed by atoms with Crippen LogP contribution in [0, 0.1) is 30.1 Å². The Kier molecular flexibility index (Phi) is 4.93. The molecule has 5 nitrogen and oxygen atoms in total. The van der Waals surface area contributed by atoms with Gasteiger partial charge in [0.2, 0.25) is 0 Å². The van der Waals surface area contributed by atoms with Gasteiger partial charge in [-0.05, 0) is 87.7 Å². The molecule has 4 aliphatic rings. The Hall–Kier alpha value is -1.82. The maximum atomic E-state index is 13.2. The lowest BCUT2D eigenvalue weighted by Crippen LogP contribution is -2.55. The van der Waals surface area contributed by atoms with Crippen LogP contribution in [0.3, 0.4) is 0 Å². The van der Waals surface area contributed by atoms with Crippen LogP contribution in [0.4, 0.5) is 0 Å². The van der Waals surface area contributed by atoms with Gasteiger partial charge in [0.25, 0.3) is 5.91 Å². The third-order valence-electron chi connectivity index (χ3n) is 7.40. The third kappa shape index (κ3) is 3.72. The summed E-state index contributed by atoms with van der Waals surface area (Å²) in [6.07, 6.45) is 9.89. The van der Waals surface area contributed by atoms with Gasteiger partial charge in [-0.3, -0.25) is 4.79 Å². The topological polar surface area (TPSA) is 68.0 Å². The van der Waals surface area contributed by atoms with Gasteiger partial charge in [-0.25, -0.2) is 4.98 Å². The lowest BCUT2D eigenvalue weighted by atomic mass is 9.48. The summed E-state index contributed by atoms with van der Waals surface area (Å²) in [5, 5.41) is 8.16. The quantitative estimate of drug-likeness (QED) is 0.677. The summed E-state index contributed by atoms with van der Waals surface area (Å²) >= 11 is 1.53. The maximum Gasteiger partial charge on any atom is 0.254 e. The van der Waals surface area contributed by atoms with E-state index in [2.05, 4.69) is 22.4 Å². The van der Waals surface area contributed by atoms with Crippen LogP contribution in [0.2, 0.25) is 0 Å². The van der Waals surface area contributed by atoms with Crippen LogP contribution in [0.1, 0.15) is 67.3 Å². The van der Waals surface area contributed by atoms with Crippen molar-refractivity contribution in [2.75, 3.05) is 0 Å². The second-order valence-corrected chi connectivity index (χ2v) is 10.5. The molecule has 2 aromatic heterocycles. The van der Waals surface area contributed by atoms with Gasteiger partial charge in [-0.15, -0.1) is 0 Å². The van der Waals surface area contributed by atoms with Crippen molar-refractivity contribution in [1.82, 2.24) is 15.5 Å². The summed E-state index contributed by atoms with van der Waals surface area (Å²) in [5.41, 5.74) is 1.83. The summed E-state index contributed by atoms with van der Waals surface area (Å²) in [6.45, 7) is 4.11. The van der Waals surface area contributed by atoms with Crippen molar-refractivity contribution in [3.05, 3.63) is 41.4 Å². The molecule has 2 heterocycles. The van der Waals surface area contributed by atoms with Crippen LogP contribution in [0.5, 0.6) is 0 Å². The van der Waals surface area contributed by atoms with Crippen LogP contribution in [0.25, 0.3) is 0 Å². The number of carbonyl (C=O) groups is 1. The second kappa shape index (κ2) is 7.46. The molecule has 6 heteroatoms. The van der Waals surface area contributed by atoms with E-state index >= 15 is 0 Å². The van der Waals surface area contributed by atoms with E-state index in [9.17, 15) is 4.79 Å². The molecule has 29 heavy (non-hydrogen) atoms. The molecule has 154 valence electrons. The number of nitrogens with zero attached hydrogens (tertiary/aromatic N) is 2. The van der Waals surface area contributed by atoms with E-state index in [4.69, 9.17) is 4.52 Å². The van der Waals surface area contributed by atoms with Gasteiger partial charge in [0, 0.05) is 24.1 Å². The number of hydrogen-bond donors (Lipinski definition) is 1. The summed E-state index contributed by atoms with van der Waals surface area (Å²) in [6, 6.07) is 5.85. The molecule has 0 spiro atoms. The van der Waals surface area contributed by atoms with Gasteiger partial charge in [0.15, 0.2) is 0 Å². The van der Waals surface area contributed by atoms with Crippen LogP contribution >= 0.6 is 11.8 Å². The SMILES string of the molecule is Cc1cc(CSc2ncccc2C(=O)NC(C)C23CC4CC(CC(C4)C2)C3)no1. The molecule has 1 unspecified atom stereocenters. The normalized spacial score (nSPS) is 31.0. The minimum atomic E-state index is 0.000166. The molecule has 1 N–H and O–H groups in total. The Balaban J connectivity index is 1.28. The summed E-state index contributed by atoms with van der Waals surface area (Å²) in [5.74, 6) is 4.09. The van der Waals surface area contributed by atoms with Gasteiger partial charge < -0.3 is 9.84 Å². The van der Waals surface area contributed by atoms with E-state index in [0.29, 0.717) is 16.7 Å². The highest BCUT2D eigenvalue weighted by Gasteiger charge is 2.53. The first-order valence-corrected chi connectivity index (χ1v) is 11.8. The molecule has 0 aliphatic heterocycles. The van der Waals surface area contributed by atoms with Crippen molar-refractivity contribution in [3.63, 3.8) is 0 Å². The van der Waals surface area contributed by atoms with Gasteiger partial charge in [-0.1, -0.05) is 16.9 Å². The molecule has 4 bridgehead atoms. The minimum Gasteiger partial charge on any atom is -0.361 e. The summed E-state index contributed by atoms with van der Waals surface area (Å²) in [7, 11) is 0. The Bertz CT molecular complexity index is 874. The maximum absolute atomic E-state index is 13.2. The van der Waals surface area contributed by atoms with Gasteiger partial charge >= 0.3 is 0 Å². The fraction of sp³-hybridized carbons (Fsp3) is 0.609. The highest BCUT2D eigenvalue weighted by molar-refractivity contribution is 7.98. The Morgan fingerprint density at radius 2 is 1.97 bits per heavy atom. The molecule has 2 aromatic rings. The second-order valence-electron chi connectivity index (χ2n) is 9.55. The summed E-state index contributed by atoms with van der Waals surface area (Å²) < 4.78 is 5.14. The molecule has 4 fully saturated rings. The Morgan fingerprint density at radius 3 is 2.59 bits per heavy atom. The monoisotopic (exact) mass is 411 g/mol. The smallest absolute Gasteiger partial charge is 0.254 e. The van der Waals surface area contributed by atoms with E-state index < -0.39 is 0 Å². The first kappa shape index (κ1) is 19.2. The zero-order valence-electron chi connectivity index (χ0n) is 17.2. The largest absolute Gasteiger partial charge is 0.361 e. The number of hydrogen-bond acceptors (Lipinski definition) is 5. The number of carbonyl (C=O) groups excluding carboxylic acids is 1. The third-order valence-corrected chi connectivity index (χ3v) is 8.44. The highest BCUT2D eigenvalue weighted by atomic mass is 32.2. The molecular weight excluding hydrogens is 382 g/mol. The van der Waals surface area contributed by atoms with E-state index in [1.54, 1.807) is 6.20 Å². The zero-order chi connectivity index (χ0) is 20.0. The molecule has 0 saturated heterocycles. The fourth-order valence-electron chi connectivity index (χ4n) is 6.44. The van der Waals surface area contributed by atoms with E-state index in [1.165, 1.54) is 50.3 Å². The molecule has 0 radical (unpaired) electrons. The van der Waals surface area contributed by atoms with E-state index in [0.717, 1.165) is 34.2 Å². The number of thioether (sulfide) groups is 1. The number of rotatable bonds is 6. The van der Waals surface area contributed by atoms with Crippen molar-refractivity contribution >= 4 is 17.7 Å². The molecule has 0 aromatic carbocycles. The number of aromatic nitrogens is 2. The standard InChI is InChI=1S/C23H29N3O2S/c1-14-6-19(26-28-14)13-29-22-20(4-3-5-24-22)21(27)25-15(2)23-10-16-7-17(11-23)9-18(8-16)12-23/h3-6,15-18H,7-13H2,1-2H3,(H,25,27). The van der Waals surface area contributed by atoms with Crippen molar-refractivity contribution in [2.45, 2.75) is 69.2 Å². The highest BCUT2D eigenvalue weighted by Crippen LogP contribution is 2.61. The fourth-order valence-corrected chi connectivity index (χ4v) is 7.31. The lowest BCUT2D eigenvalue weighted by Gasteiger charge is -2.59. The lowest BCUT2D eigenvalue weighted by molar-refractivity contribution is -0.0688. The molecule has 4 aliphatic carbocycles. The average Bonchev–Trinajstić information content (AvgIpc) is 3.10. The molecule has 6 rings (SSSR count). The first-order chi connectivity index (χ1) is 14.0. The van der Waals surface area contributed by atoms with Gasteiger partial charge in [0.05, 0.1) is 11.3 Å². The molecule has 1 amide bonds. The zero-order valence-corrected chi connectivity index (χ0v) is 18.0. The van der Waals surface area contributed by atoms with Crippen LogP contribution in [-0.4, -0.2) is 22.1 Å². The van der Waals surface area contributed by atoms with Crippen LogP contribution in [-0.2, 0) is 5.75 Å². The minimum absolute atomic E-state index is 0.000166. The average molecular weight is 412 g/mol. The van der Waals surface area contributed by atoms with Crippen LogP contribution in [0.15, 0.2) is 33.9 Å². The van der Waals surface area contributed by atoms with Crippen molar-refractivity contribution in [2.24, 2.45) is 23.2 Å².